The predicted octanol–water partition coefficient (Wildman–Crippen LogP) is -0.435. The smallest absolute Gasteiger partial charge is 0.269 e. The van der Waals surface area contributed by atoms with Crippen molar-refractivity contribution >= 4 is 5.69 Å². The molecule has 1 fully saturated rings. The van der Waals surface area contributed by atoms with Crippen LogP contribution in [0.4, 0.5) is 5.69 Å². The number of nitrogens with zero attached hydrogens (tertiary/aromatic N) is 6. The molecule has 1 aliphatic heterocycles. The second-order valence-corrected chi connectivity index (χ2v) is 5.01. The Bertz CT molecular complexity index is 686. The van der Waals surface area contributed by atoms with E-state index in [1.165, 1.54) is 4.68 Å². The maximum absolute atomic E-state index is 12.2. The predicted molar refractivity (Wildman–Crippen MR) is 76.4 cm³/mol. The van der Waals surface area contributed by atoms with Crippen molar-refractivity contribution < 1.29 is 4.74 Å². The number of aryl methyl sites for hydroxylation is 2. The van der Waals surface area contributed by atoms with Crippen molar-refractivity contribution in [1.82, 2.24) is 24.5 Å². The van der Waals surface area contributed by atoms with Crippen LogP contribution in [-0.4, -0.2) is 50.8 Å². The molecule has 2 aromatic rings. The monoisotopic (exact) mass is 290 g/mol. The van der Waals surface area contributed by atoms with E-state index >= 15 is 0 Å². The van der Waals surface area contributed by atoms with Gasteiger partial charge in [0.1, 0.15) is 18.2 Å². The van der Waals surface area contributed by atoms with Crippen molar-refractivity contribution in [3.05, 3.63) is 34.3 Å². The fourth-order valence-corrected chi connectivity index (χ4v) is 2.37. The van der Waals surface area contributed by atoms with Crippen molar-refractivity contribution in [3.8, 4) is 0 Å². The highest BCUT2D eigenvalue weighted by Gasteiger charge is 2.13. The summed E-state index contributed by atoms with van der Waals surface area (Å²) < 4.78 is 8.37. The minimum atomic E-state index is -0.139. The summed E-state index contributed by atoms with van der Waals surface area (Å²) in [5, 5.41) is 8.41. The average molecular weight is 290 g/mol. The summed E-state index contributed by atoms with van der Waals surface area (Å²) in [4.78, 5) is 18.6. The largest absolute Gasteiger partial charge is 0.378 e. The molecule has 0 aromatic carbocycles. The standard InChI is InChI=1S/C13H18N6O2/c1-10-15-12(17(2)16-10)9-19-13(20)7-11(8-14-19)18-3-5-21-6-4-18/h7-8H,3-6,9H2,1-2H3. The first-order chi connectivity index (χ1) is 10.1. The summed E-state index contributed by atoms with van der Waals surface area (Å²) in [6.07, 6.45) is 1.72. The van der Waals surface area contributed by atoms with Crippen LogP contribution in [0.15, 0.2) is 17.1 Å². The summed E-state index contributed by atoms with van der Waals surface area (Å²) in [6, 6.07) is 1.61. The van der Waals surface area contributed by atoms with Crippen LogP contribution in [0, 0.1) is 6.92 Å². The van der Waals surface area contributed by atoms with Gasteiger partial charge in [0, 0.05) is 26.2 Å². The Morgan fingerprint density at radius 2 is 2.10 bits per heavy atom. The van der Waals surface area contributed by atoms with Crippen LogP contribution in [0.3, 0.4) is 0 Å². The molecular weight excluding hydrogens is 272 g/mol. The van der Waals surface area contributed by atoms with E-state index in [1.54, 1.807) is 16.9 Å². The van der Waals surface area contributed by atoms with Gasteiger partial charge in [0.25, 0.3) is 5.56 Å². The second kappa shape index (κ2) is 5.65. The topological polar surface area (TPSA) is 78.1 Å². The maximum Gasteiger partial charge on any atom is 0.269 e. The Balaban J connectivity index is 1.81. The fraction of sp³-hybridized carbons (Fsp3) is 0.538. The molecule has 0 unspecified atom stereocenters. The van der Waals surface area contributed by atoms with Crippen LogP contribution < -0.4 is 10.5 Å². The summed E-state index contributed by atoms with van der Waals surface area (Å²) in [6.45, 7) is 5.07. The molecule has 8 heteroatoms. The number of hydrogen-bond donors (Lipinski definition) is 0. The van der Waals surface area contributed by atoms with E-state index in [-0.39, 0.29) is 5.56 Å². The lowest BCUT2D eigenvalue weighted by molar-refractivity contribution is 0.122. The zero-order chi connectivity index (χ0) is 14.8. The van der Waals surface area contributed by atoms with Gasteiger partial charge in [-0.1, -0.05) is 0 Å². The summed E-state index contributed by atoms with van der Waals surface area (Å²) in [7, 11) is 1.81. The Morgan fingerprint density at radius 1 is 1.33 bits per heavy atom. The van der Waals surface area contributed by atoms with Crippen LogP contribution in [0.2, 0.25) is 0 Å². The Kier molecular flexibility index (Phi) is 3.70. The Hall–Kier alpha value is -2.22. The van der Waals surface area contributed by atoms with Crippen LogP contribution in [0.5, 0.6) is 0 Å². The van der Waals surface area contributed by atoms with E-state index in [4.69, 9.17) is 4.74 Å². The number of rotatable bonds is 3. The quantitative estimate of drug-likeness (QED) is 0.763. The molecule has 0 aliphatic carbocycles. The lowest BCUT2D eigenvalue weighted by Gasteiger charge is -2.28. The first-order valence-electron chi connectivity index (χ1n) is 6.90. The summed E-state index contributed by atoms with van der Waals surface area (Å²) in [5.41, 5.74) is 0.702. The van der Waals surface area contributed by atoms with Gasteiger partial charge in [0.05, 0.1) is 25.1 Å². The second-order valence-electron chi connectivity index (χ2n) is 5.01. The van der Waals surface area contributed by atoms with Crippen LogP contribution in [0.1, 0.15) is 11.6 Å². The van der Waals surface area contributed by atoms with Crippen molar-refractivity contribution in [3.63, 3.8) is 0 Å². The van der Waals surface area contributed by atoms with Gasteiger partial charge in [0.15, 0.2) is 0 Å². The third kappa shape index (κ3) is 2.94. The molecular formula is C13H18N6O2. The first kappa shape index (κ1) is 13.7. The lowest BCUT2D eigenvalue weighted by Crippen LogP contribution is -2.37. The van der Waals surface area contributed by atoms with E-state index < -0.39 is 0 Å². The van der Waals surface area contributed by atoms with Crippen LogP contribution in [0.25, 0.3) is 0 Å². The molecule has 0 atom stereocenters. The molecule has 2 aromatic heterocycles. The lowest BCUT2D eigenvalue weighted by atomic mass is 10.3. The Morgan fingerprint density at radius 3 is 2.71 bits per heavy atom. The van der Waals surface area contributed by atoms with E-state index in [9.17, 15) is 4.79 Å². The van der Waals surface area contributed by atoms with Crippen molar-refractivity contribution in [2.75, 3.05) is 31.2 Å². The molecule has 112 valence electrons. The maximum atomic E-state index is 12.2. The summed E-state index contributed by atoms with van der Waals surface area (Å²) in [5.74, 6) is 1.40. The van der Waals surface area contributed by atoms with Crippen molar-refractivity contribution in [1.29, 1.82) is 0 Å². The van der Waals surface area contributed by atoms with Crippen molar-refractivity contribution in [2.24, 2.45) is 7.05 Å². The SMILES string of the molecule is Cc1nc(Cn2ncc(N3CCOCC3)cc2=O)n(C)n1. The van der Waals surface area contributed by atoms with E-state index in [0.717, 1.165) is 18.8 Å². The normalized spacial score (nSPS) is 15.4. The van der Waals surface area contributed by atoms with E-state index in [0.29, 0.717) is 31.4 Å². The van der Waals surface area contributed by atoms with Gasteiger partial charge in [-0.05, 0) is 6.92 Å². The Labute approximate surface area is 122 Å². The third-order valence-electron chi connectivity index (χ3n) is 3.48. The minimum Gasteiger partial charge on any atom is -0.378 e. The third-order valence-corrected chi connectivity index (χ3v) is 3.48. The number of anilines is 1. The number of hydrogen-bond acceptors (Lipinski definition) is 6. The summed E-state index contributed by atoms with van der Waals surface area (Å²) >= 11 is 0. The van der Waals surface area contributed by atoms with Gasteiger partial charge in [-0.2, -0.15) is 10.2 Å². The van der Waals surface area contributed by atoms with Gasteiger partial charge in [-0.25, -0.2) is 9.67 Å². The molecule has 3 heterocycles. The fourth-order valence-electron chi connectivity index (χ4n) is 2.37. The molecule has 0 radical (unpaired) electrons. The minimum absolute atomic E-state index is 0.139. The van der Waals surface area contributed by atoms with Gasteiger partial charge in [-0.15, -0.1) is 0 Å². The molecule has 0 amide bonds. The number of morpholine rings is 1. The highest BCUT2D eigenvalue weighted by atomic mass is 16.5. The van der Waals surface area contributed by atoms with E-state index in [2.05, 4.69) is 20.1 Å². The highest BCUT2D eigenvalue weighted by Crippen LogP contribution is 2.11. The van der Waals surface area contributed by atoms with E-state index in [1.807, 2.05) is 14.0 Å². The zero-order valence-corrected chi connectivity index (χ0v) is 12.2. The highest BCUT2D eigenvalue weighted by molar-refractivity contribution is 5.43. The molecule has 0 saturated carbocycles. The first-order valence-corrected chi connectivity index (χ1v) is 6.90. The van der Waals surface area contributed by atoms with Crippen molar-refractivity contribution in [2.45, 2.75) is 13.5 Å². The van der Waals surface area contributed by atoms with Gasteiger partial charge in [0.2, 0.25) is 0 Å². The zero-order valence-electron chi connectivity index (χ0n) is 12.2. The van der Waals surface area contributed by atoms with Crippen LogP contribution >= 0.6 is 0 Å². The van der Waals surface area contributed by atoms with Gasteiger partial charge < -0.3 is 9.64 Å². The molecule has 0 spiro atoms. The van der Waals surface area contributed by atoms with Gasteiger partial charge in [-0.3, -0.25) is 9.48 Å². The molecule has 1 saturated heterocycles. The molecule has 0 bridgehead atoms. The molecule has 21 heavy (non-hydrogen) atoms. The number of ether oxygens (including phenoxy) is 1. The molecule has 1 aliphatic rings. The average Bonchev–Trinajstić information content (AvgIpc) is 2.80. The van der Waals surface area contributed by atoms with Crippen LogP contribution in [-0.2, 0) is 18.3 Å². The molecule has 3 rings (SSSR count). The number of aromatic nitrogens is 5. The molecule has 0 N–H and O–H groups in total. The van der Waals surface area contributed by atoms with Gasteiger partial charge >= 0.3 is 0 Å². The molecule has 8 nitrogen and oxygen atoms in total.